The molecule has 0 spiro atoms. The molecule has 0 aliphatic rings. The summed E-state index contributed by atoms with van der Waals surface area (Å²) in [4.78, 5) is 4.04. The Kier molecular flexibility index (Phi) is 10.3. The van der Waals surface area contributed by atoms with Crippen molar-refractivity contribution in [1.29, 1.82) is 0 Å². The largest absolute Gasteiger partial charge is 0.399 e. The van der Waals surface area contributed by atoms with E-state index >= 15 is 0 Å². The highest BCUT2D eigenvalue weighted by atomic mass is 35.5. The van der Waals surface area contributed by atoms with Crippen molar-refractivity contribution in [2.24, 2.45) is 5.16 Å². The second-order valence-electron chi connectivity index (χ2n) is 6.20. The van der Waals surface area contributed by atoms with Crippen molar-refractivity contribution in [2.45, 2.75) is 30.2 Å². The van der Waals surface area contributed by atoms with Crippen molar-refractivity contribution in [1.82, 2.24) is 0 Å². The van der Waals surface area contributed by atoms with Crippen LogP contribution in [-0.2, 0) is 30.5 Å². The molecule has 2 unspecified atom stereocenters. The van der Waals surface area contributed by atoms with Gasteiger partial charge in [-0.1, -0.05) is 63.7 Å². The molecule has 2 atom stereocenters. The summed E-state index contributed by atoms with van der Waals surface area (Å²) in [7, 11) is -3.16. The maximum Gasteiger partial charge on any atom is 0.298 e. The lowest BCUT2D eigenvalue weighted by Gasteiger charge is -2.19. The van der Waals surface area contributed by atoms with Gasteiger partial charge in [0.25, 0.3) is 10.1 Å². The Balaban J connectivity index is 2.15. The molecule has 0 amide bonds. The summed E-state index contributed by atoms with van der Waals surface area (Å²) in [5, 5.41) is 3.76. The molecule has 170 valence electrons. The highest BCUT2D eigenvalue weighted by Crippen LogP contribution is 2.33. The van der Waals surface area contributed by atoms with Crippen molar-refractivity contribution in [3.05, 3.63) is 62.1 Å². The highest BCUT2D eigenvalue weighted by molar-refractivity contribution is 7.87. The van der Waals surface area contributed by atoms with E-state index in [9.17, 15) is 12.8 Å². The third-order valence-electron chi connectivity index (χ3n) is 3.81. The number of hydrogen-bond acceptors (Lipinski definition) is 6. The van der Waals surface area contributed by atoms with Crippen LogP contribution in [0, 0.1) is 0 Å². The van der Waals surface area contributed by atoms with Gasteiger partial charge in [-0.2, -0.15) is 8.42 Å². The Labute approximate surface area is 199 Å². The Bertz CT molecular complexity index is 1010. The second-order valence-corrected chi connectivity index (χ2v) is 9.40. The number of nitrogens with zero attached hydrogens (tertiary/aromatic N) is 1. The molecule has 0 fully saturated rings. The van der Waals surface area contributed by atoms with Gasteiger partial charge in [0.05, 0.1) is 34.5 Å². The predicted molar refractivity (Wildman–Crippen MR) is 120 cm³/mol. The number of rotatable bonds is 11. The first-order chi connectivity index (χ1) is 14.6. The van der Waals surface area contributed by atoms with Crippen LogP contribution >= 0.6 is 46.4 Å². The third-order valence-corrected chi connectivity index (χ3v) is 6.61. The Morgan fingerprint density at radius 1 is 1.06 bits per heavy atom. The van der Waals surface area contributed by atoms with Gasteiger partial charge in [-0.25, -0.2) is 4.39 Å². The first-order valence-electron chi connectivity index (χ1n) is 8.73. The summed E-state index contributed by atoms with van der Waals surface area (Å²) in [6.45, 7) is -0.101. The molecule has 2 aromatic carbocycles. The normalized spacial score (nSPS) is 14.0. The first kappa shape index (κ1) is 26.1. The van der Waals surface area contributed by atoms with Gasteiger partial charge in [0.2, 0.25) is 0 Å². The lowest BCUT2D eigenvalue weighted by atomic mass is 10.2. The van der Waals surface area contributed by atoms with E-state index in [1.165, 1.54) is 13.2 Å². The van der Waals surface area contributed by atoms with Gasteiger partial charge >= 0.3 is 0 Å². The third kappa shape index (κ3) is 8.38. The van der Waals surface area contributed by atoms with E-state index < -0.39 is 27.3 Å². The molecule has 12 heteroatoms. The van der Waals surface area contributed by atoms with Crippen LogP contribution in [0.25, 0.3) is 0 Å². The minimum Gasteiger partial charge on any atom is -0.399 e. The second kappa shape index (κ2) is 12.2. The Morgan fingerprint density at radius 3 is 2.35 bits per heavy atom. The van der Waals surface area contributed by atoms with Gasteiger partial charge in [-0.05, 0) is 29.8 Å². The van der Waals surface area contributed by atoms with E-state index in [4.69, 9.17) is 55.3 Å². The summed E-state index contributed by atoms with van der Waals surface area (Å²) in [6.07, 6.45) is -2.33. The van der Waals surface area contributed by atoms with Crippen LogP contribution in [0.3, 0.4) is 0 Å². The molecule has 0 saturated carbocycles. The molecule has 0 aliphatic carbocycles. The number of oxime groups is 1. The number of benzene rings is 2. The molecule has 0 aliphatic heterocycles. The zero-order valence-corrected chi connectivity index (χ0v) is 19.9. The maximum absolute atomic E-state index is 14.2. The fraction of sp³-hybridized carbons (Fsp3) is 0.316. The van der Waals surface area contributed by atoms with Crippen LogP contribution < -0.4 is 0 Å². The highest BCUT2D eigenvalue weighted by Gasteiger charge is 2.27. The molecular weight excluding hydrogens is 515 g/mol. The van der Waals surface area contributed by atoms with Gasteiger partial charge in [-0.3, -0.25) is 4.18 Å². The van der Waals surface area contributed by atoms with E-state index in [0.29, 0.717) is 5.02 Å². The molecule has 2 rings (SSSR count). The van der Waals surface area contributed by atoms with Crippen LogP contribution in [0.1, 0.15) is 12.0 Å². The van der Waals surface area contributed by atoms with Crippen LogP contribution in [0.4, 0.5) is 4.39 Å². The quantitative estimate of drug-likeness (QED) is 0.155. The average Bonchev–Trinajstić information content (AvgIpc) is 2.70. The van der Waals surface area contributed by atoms with E-state index in [2.05, 4.69) is 9.99 Å². The number of halogens is 5. The number of hydrogen-bond donors (Lipinski definition) is 0. The van der Waals surface area contributed by atoms with Crippen LogP contribution in [-0.4, -0.2) is 40.6 Å². The van der Waals surface area contributed by atoms with Gasteiger partial charge in [0, 0.05) is 11.4 Å². The van der Waals surface area contributed by atoms with Crippen molar-refractivity contribution >= 4 is 62.7 Å². The molecule has 0 saturated heterocycles. The van der Waals surface area contributed by atoms with Gasteiger partial charge in [0.1, 0.15) is 24.3 Å². The maximum atomic E-state index is 14.2. The average molecular weight is 533 g/mol. The van der Waals surface area contributed by atoms with Gasteiger partial charge in [-0.15, -0.1) is 0 Å². The van der Waals surface area contributed by atoms with Gasteiger partial charge < -0.3 is 9.57 Å². The molecule has 2 aromatic rings. The first-order valence-corrected chi connectivity index (χ1v) is 11.6. The summed E-state index contributed by atoms with van der Waals surface area (Å²) in [5.41, 5.74) is 0.788. The SMILES string of the molecule is CO/N=C/C(F)CC(COCc1ccc(Cl)cc1)OS(=O)(=O)c1cc(Cl)c(Cl)cc1Cl. The van der Waals surface area contributed by atoms with Crippen LogP contribution in [0.15, 0.2) is 46.4 Å². The predicted octanol–water partition coefficient (Wildman–Crippen LogP) is 5.95. The molecule has 31 heavy (non-hydrogen) atoms. The molecule has 0 aromatic heterocycles. The molecule has 6 nitrogen and oxygen atoms in total. The molecule has 0 heterocycles. The Morgan fingerprint density at radius 2 is 1.71 bits per heavy atom. The summed E-state index contributed by atoms with van der Waals surface area (Å²) in [6, 6.07) is 9.10. The standard InChI is InChI=1S/C19H18Cl4FNO5S/c1-28-25-9-14(24)6-15(11-29-10-12-2-4-13(20)5-3-12)30-31(26,27)19-8-17(22)16(21)7-18(19)23/h2-5,7-9,14-15H,6,10-11H2,1H3/b25-9+. The minimum absolute atomic E-state index is 0.0284. The lowest BCUT2D eigenvalue weighted by Crippen LogP contribution is -2.28. The minimum atomic E-state index is -4.41. The van der Waals surface area contributed by atoms with Crippen LogP contribution in [0.5, 0.6) is 0 Å². The Hall–Kier alpha value is -1.13. The van der Waals surface area contributed by atoms with Crippen molar-refractivity contribution in [3.8, 4) is 0 Å². The zero-order chi connectivity index (χ0) is 23.0. The zero-order valence-electron chi connectivity index (χ0n) is 16.1. The number of alkyl halides is 1. The van der Waals surface area contributed by atoms with Gasteiger partial charge in [0.15, 0.2) is 0 Å². The van der Waals surface area contributed by atoms with Crippen molar-refractivity contribution in [2.75, 3.05) is 13.7 Å². The summed E-state index contributed by atoms with van der Waals surface area (Å²) in [5.74, 6) is 0. The summed E-state index contributed by atoms with van der Waals surface area (Å²) >= 11 is 23.6. The molecule has 0 N–H and O–H groups in total. The van der Waals surface area contributed by atoms with E-state index in [1.807, 2.05) is 0 Å². The molecule has 0 radical (unpaired) electrons. The monoisotopic (exact) mass is 531 g/mol. The van der Waals surface area contributed by atoms with E-state index in [-0.39, 0.29) is 34.7 Å². The summed E-state index contributed by atoms with van der Waals surface area (Å²) < 4.78 is 50.4. The molecule has 0 bridgehead atoms. The van der Waals surface area contributed by atoms with Crippen LogP contribution in [0.2, 0.25) is 20.1 Å². The van der Waals surface area contributed by atoms with Crippen molar-refractivity contribution < 1.29 is 26.6 Å². The topological polar surface area (TPSA) is 74.2 Å². The fourth-order valence-corrected chi connectivity index (χ4v) is 4.57. The van der Waals surface area contributed by atoms with Crippen molar-refractivity contribution in [3.63, 3.8) is 0 Å². The smallest absolute Gasteiger partial charge is 0.298 e. The molecular formula is C19H18Cl4FNO5S. The van der Waals surface area contributed by atoms with E-state index in [1.54, 1.807) is 24.3 Å². The van der Waals surface area contributed by atoms with E-state index in [0.717, 1.165) is 17.8 Å². The number of ether oxygens (including phenoxy) is 1. The lowest BCUT2D eigenvalue weighted by molar-refractivity contribution is 0.0342. The fourth-order valence-electron chi connectivity index (χ4n) is 2.39.